The zero-order chi connectivity index (χ0) is 13.8. The Bertz CT molecular complexity index is 536. The summed E-state index contributed by atoms with van der Waals surface area (Å²) in [6, 6.07) is 4.00. The summed E-state index contributed by atoms with van der Waals surface area (Å²) in [7, 11) is 5.59. The molecular formula is C13H18N4OS. The van der Waals surface area contributed by atoms with E-state index < -0.39 is 0 Å². The third-order valence-electron chi connectivity index (χ3n) is 2.59. The number of aromatic nitrogens is 2. The molecule has 6 heteroatoms. The minimum atomic E-state index is 0.680. The zero-order valence-corrected chi connectivity index (χ0v) is 12.4. The van der Waals surface area contributed by atoms with Crippen LogP contribution in [-0.4, -0.2) is 31.2 Å². The Morgan fingerprint density at radius 3 is 2.74 bits per heavy atom. The summed E-state index contributed by atoms with van der Waals surface area (Å²) < 4.78 is 5.30. The number of aryl methyl sites for hydroxylation is 1. The number of anilines is 2. The number of methoxy groups -OCH3 is 1. The van der Waals surface area contributed by atoms with Gasteiger partial charge in [-0.25, -0.2) is 0 Å². The van der Waals surface area contributed by atoms with E-state index in [1.54, 1.807) is 18.4 Å². The highest BCUT2D eigenvalue weighted by atomic mass is 32.1. The Labute approximate surface area is 117 Å². The molecule has 0 fully saturated rings. The highest BCUT2D eigenvalue weighted by Crippen LogP contribution is 2.30. The second kappa shape index (κ2) is 5.88. The van der Waals surface area contributed by atoms with Crippen LogP contribution in [0.1, 0.15) is 10.6 Å². The van der Waals surface area contributed by atoms with Crippen molar-refractivity contribution in [2.75, 3.05) is 31.4 Å². The van der Waals surface area contributed by atoms with E-state index in [-0.39, 0.29) is 0 Å². The van der Waals surface area contributed by atoms with Gasteiger partial charge in [-0.15, -0.1) is 0 Å². The van der Waals surface area contributed by atoms with Crippen LogP contribution in [0.5, 0.6) is 5.88 Å². The second-order valence-electron chi connectivity index (χ2n) is 4.37. The van der Waals surface area contributed by atoms with E-state index in [4.69, 9.17) is 4.74 Å². The molecule has 102 valence electrons. The number of hydrogen-bond acceptors (Lipinski definition) is 6. The zero-order valence-electron chi connectivity index (χ0n) is 11.6. The number of rotatable bonds is 5. The van der Waals surface area contributed by atoms with Crippen molar-refractivity contribution in [1.82, 2.24) is 9.97 Å². The number of pyridine rings is 1. The highest BCUT2D eigenvalue weighted by Gasteiger charge is 2.12. The summed E-state index contributed by atoms with van der Waals surface area (Å²) in [5.74, 6) is 0.682. The van der Waals surface area contributed by atoms with Gasteiger partial charge in [-0.2, -0.15) is 4.98 Å². The van der Waals surface area contributed by atoms with E-state index in [1.807, 2.05) is 44.2 Å². The highest BCUT2D eigenvalue weighted by molar-refractivity contribution is 7.15. The molecule has 2 rings (SSSR count). The van der Waals surface area contributed by atoms with E-state index in [0.717, 1.165) is 21.4 Å². The fourth-order valence-corrected chi connectivity index (χ4v) is 2.44. The van der Waals surface area contributed by atoms with Gasteiger partial charge < -0.3 is 15.0 Å². The lowest BCUT2D eigenvalue weighted by Crippen LogP contribution is -2.07. The lowest BCUT2D eigenvalue weighted by atomic mass is 10.3. The van der Waals surface area contributed by atoms with Crippen molar-refractivity contribution in [3.63, 3.8) is 0 Å². The normalized spacial score (nSPS) is 10.3. The SMILES string of the molecule is COc1nc(N(C)C)sc1CNc1ccc(C)nc1. The Hall–Kier alpha value is -1.82. The largest absolute Gasteiger partial charge is 0.480 e. The van der Waals surface area contributed by atoms with Crippen molar-refractivity contribution in [3.05, 3.63) is 28.9 Å². The summed E-state index contributed by atoms with van der Waals surface area (Å²) in [5.41, 5.74) is 2.00. The fourth-order valence-electron chi connectivity index (χ4n) is 1.54. The maximum Gasteiger partial charge on any atom is 0.231 e. The number of hydrogen-bond donors (Lipinski definition) is 1. The van der Waals surface area contributed by atoms with Gasteiger partial charge in [0.1, 0.15) is 0 Å². The van der Waals surface area contributed by atoms with Crippen LogP contribution in [0.25, 0.3) is 0 Å². The molecule has 0 radical (unpaired) electrons. The molecular weight excluding hydrogens is 260 g/mol. The first-order valence-corrected chi connectivity index (χ1v) is 6.79. The quantitative estimate of drug-likeness (QED) is 0.911. The van der Waals surface area contributed by atoms with Gasteiger partial charge in [-0.1, -0.05) is 11.3 Å². The Morgan fingerprint density at radius 2 is 2.16 bits per heavy atom. The predicted octanol–water partition coefficient (Wildman–Crippen LogP) is 2.53. The number of ether oxygens (including phenoxy) is 1. The van der Waals surface area contributed by atoms with Crippen LogP contribution in [0.4, 0.5) is 10.8 Å². The molecule has 0 aliphatic heterocycles. The third kappa shape index (κ3) is 3.35. The molecule has 2 aromatic rings. The van der Waals surface area contributed by atoms with Crippen LogP contribution in [0, 0.1) is 6.92 Å². The van der Waals surface area contributed by atoms with Gasteiger partial charge in [-0.05, 0) is 19.1 Å². The van der Waals surface area contributed by atoms with Crippen molar-refractivity contribution >= 4 is 22.2 Å². The monoisotopic (exact) mass is 278 g/mol. The topological polar surface area (TPSA) is 50.3 Å². The molecule has 0 aliphatic rings. The van der Waals surface area contributed by atoms with Crippen molar-refractivity contribution in [1.29, 1.82) is 0 Å². The van der Waals surface area contributed by atoms with Crippen LogP contribution in [0.15, 0.2) is 18.3 Å². The molecule has 0 bridgehead atoms. The van der Waals surface area contributed by atoms with Crippen molar-refractivity contribution in [3.8, 4) is 5.88 Å². The van der Waals surface area contributed by atoms with Crippen LogP contribution in [-0.2, 0) is 6.54 Å². The predicted molar refractivity (Wildman–Crippen MR) is 79.3 cm³/mol. The molecule has 0 spiro atoms. The number of thiazole rings is 1. The number of nitrogens with zero attached hydrogens (tertiary/aromatic N) is 3. The van der Waals surface area contributed by atoms with Gasteiger partial charge in [0.15, 0.2) is 5.13 Å². The molecule has 0 aromatic carbocycles. The lowest BCUT2D eigenvalue weighted by molar-refractivity contribution is 0.397. The first-order valence-electron chi connectivity index (χ1n) is 5.97. The molecule has 5 nitrogen and oxygen atoms in total. The third-order valence-corrected chi connectivity index (χ3v) is 3.79. The van der Waals surface area contributed by atoms with Gasteiger partial charge in [0, 0.05) is 19.8 Å². The van der Waals surface area contributed by atoms with E-state index in [9.17, 15) is 0 Å². The smallest absolute Gasteiger partial charge is 0.231 e. The van der Waals surface area contributed by atoms with E-state index in [2.05, 4.69) is 15.3 Å². The standard InChI is InChI=1S/C13H18N4OS/c1-9-5-6-10(7-14-9)15-8-11-12(18-4)16-13(19-11)17(2)3/h5-7,15H,8H2,1-4H3. The second-order valence-corrected chi connectivity index (χ2v) is 5.43. The summed E-state index contributed by atoms with van der Waals surface area (Å²) in [6.45, 7) is 2.65. The Kier molecular flexibility index (Phi) is 4.21. The Morgan fingerprint density at radius 1 is 1.37 bits per heavy atom. The van der Waals surface area contributed by atoms with Gasteiger partial charge in [-0.3, -0.25) is 4.98 Å². The maximum atomic E-state index is 5.30. The minimum Gasteiger partial charge on any atom is -0.480 e. The van der Waals surface area contributed by atoms with Crippen molar-refractivity contribution in [2.45, 2.75) is 13.5 Å². The van der Waals surface area contributed by atoms with Gasteiger partial charge in [0.25, 0.3) is 0 Å². The van der Waals surface area contributed by atoms with Crippen molar-refractivity contribution in [2.24, 2.45) is 0 Å². The lowest BCUT2D eigenvalue weighted by Gasteiger charge is -2.05. The van der Waals surface area contributed by atoms with Crippen LogP contribution >= 0.6 is 11.3 Å². The van der Waals surface area contributed by atoms with Crippen LogP contribution in [0.3, 0.4) is 0 Å². The summed E-state index contributed by atoms with van der Waals surface area (Å²) in [5, 5.41) is 4.26. The molecule has 2 aromatic heterocycles. The first kappa shape index (κ1) is 13.6. The maximum absolute atomic E-state index is 5.30. The Balaban J connectivity index is 2.08. The molecule has 0 unspecified atom stereocenters. The van der Waals surface area contributed by atoms with Crippen molar-refractivity contribution < 1.29 is 4.74 Å². The summed E-state index contributed by atoms with van der Waals surface area (Å²) in [6.07, 6.45) is 1.83. The molecule has 0 aliphatic carbocycles. The van der Waals surface area contributed by atoms with E-state index >= 15 is 0 Å². The molecule has 0 amide bonds. The molecule has 19 heavy (non-hydrogen) atoms. The summed E-state index contributed by atoms with van der Waals surface area (Å²) in [4.78, 5) is 11.7. The molecule has 0 atom stereocenters. The average molecular weight is 278 g/mol. The van der Waals surface area contributed by atoms with E-state index in [0.29, 0.717) is 12.4 Å². The minimum absolute atomic E-state index is 0.680. The van der Waals surface area contributed by atoms with Crippen LogP contribution < -0.4 is 15.0 Å². The summed E-state index contributed by atoms with van der Waals surface area (Å²) >= 11 is 1.62. The van der Waals surface area contributed by atoms with Gasteiger partial charge >= 0.3 is 0 Å². The molecule has 0 saturated heterocycles. The number of nitrogens with one attached hydrogen (secondary N) is 1. The van der Waals surface area contributed by atoms with Gasteiger partial charge in [0.05, 0.1) is 30.4 Å². The van der Waals surface area contributed by atoms with E-state index in [1.165, 1.54) is 0 Å². The molecule has 2 heterocycles. The molecule has 0 saturated carbocycles. The molecule has 1 N–H and O–H groups in total. The average Bonchev–Trinajstić information content (AvgIpc) is 2.81. The fraction of sp³-hybridized carbons (Fsp3) is 0.385. The first-order chi connectivity index (χ1) is 9.10. The van der Waals surface area contributed by atoms with Gasteiger partial charge in [0.2, 0.25) is 5.88 Å². The van der Waals surface area contributed by atoms with Crippen LogP contribution in [0.2, 0.25) is 0 Å².